The molecule has 1 saturated carbocycles. The van der Waals surface area contributed by atoms with Crippen molar-refractivity contribution in [2.75, 3.05) is 45.2 Å². The fraction of sp³-hybridized carbons (Fsp3) is 0.611. The Morgan fingerprint density at radius 1 is 1.02 bits per heavy atom. The first-order valence-electron chi connectivity index (χ1n) is 16.6. The number of carbonyl (C=O) groups excluding carboxylic acids is 2. The summed E-state index contributed by atoms with van der Waals surface area (Å²) in [5.41, 5.74) is 1.42. The average molecular weight is 608 g/mol. The van der Waals surface area contributed by atoms with Gasteiger partial charge in [0.15, 0.2) is 0 Å². The van der Waals surface area contributed by atoms with Gasteiger partial charge in [0.2, 0.25) is 0 Å². The van der Waals surface area contributed by atoms with Crippen LogP contribution in [0.25, 0.3) is 0 Å². The molecular weight excluding hydrogens is 554 g/mol. The predicted molar refractivity (Wildman–Crippen MR) is 175 cm³/mol. The fourth-order valence-corrected chi connectivity index (χ4v) is 6.45. The molecule has 1 heterocycles. The van der Waals surface area contributed by atoms with E-state index in [1.165, 1.54) is 32.1 Å². The van der Waals surface area contributed by atoms with Crippen LogP contribution in [-0.2, 0) is 4.74 Å². The number of ether oxygens (including phenoxy) is 2. The molecule has 1 aliphatic heterocycles. The molecule has 0 unspecified atom stereocenters. The summed E-state index contributed by atoms with van der Waals surface area (Å²) in [6.45, 7) is 8.84. The van der Waals surface area contributed by atoms with Gasteiger partial charge in [0.1, 0.15) is 5.75 Å². The molecule has 2 aliphatic rings. The number of carbonyl (C=O) groups is 2. The monoisotopic (exact) mass is 607 g/mol. The molecule has 2 N–H and O–H groups in total. The van der Waals surface area contributed by atoms with E-state index in [0.717, 1.165) is 38.3 Å². The third-order valence-electron chi connectivity index (χ3n) is 9.13. The van der Waals surface area contributed by atoms with Gasteiger partial charge < -0.3 is 29.7 Å². The Bertz CT molecular complexity index is 1190. The molecular formula is C36H53N3O5. The number of fused-ring (bicyclic) bond motifs is 1. The van der Waals surface area contributed by atoms with E-state index in [-0.39, 0.29) is 36.5 Å². The smallest absolute Gasteiger partial charge is 0.258 e. The lowest BCUT2D eigenvalue weighted by atomic mass is 9.89. The Hall–Kier alpha value is -2.94. The Kier molecular flexibility index (Phi) is 13.1. The van der Waals surface area contributed by atoms with Crippen molar-refractivity contribution in [2.24, 2.45) is 11.8 Å². The molecule has 8 heteroatoms. The lowest BCUT2D eigenvalue weighted by Gasteiger charge is -2.36. The van der Waals surface area contributed by atoms with Gasteiger partial charge in [0.05, 0.1) is 30.4 Å². The minimum absolute atomic E-state index is 0.0361. The molecule has 1 aliphatic carbocycles. The fourth-order valence-electron chi connectivity index (χ4n) is 6.45. The van der Waals surface area contributed by atoms with Gasteiger partial charge in [-0.1, -0.05) is 44.4 Å². The van der Waals surface area contributed by atoms with Crippen molar-refractivity contribution >= 4 is 17.5 Å². The molecule has 1 fully saturated rings. The second-order valence-electron chi connectivity index (χ2n) is 13.1. The summed E-state index contributed by atoms with van der Waals surface area (Å²) in [5.74, 6) is 0.779. The van der Waals surface area contributed by atoms with E-state index >= 15 is 0 Å². The number of rotatable bonds is 8. The maximum absolute atomic E-state index is 14.3. The van der Waals surface area contributed by atoms with Crippen LogP contribution in [0.3, 0.4) is 0 Å². The van der Waals surface area contributed by atoms with Crippen LogP contribution in [0.4, 0.5) is 5.69 Å². The average Bonchev–Trinajstić information content (AvgIpc) is 3.03. The van der Waals surface area contributed by atoms with E-state index in [4.69, 9.17) is 9.47 Å². The largest absolute Gasteiger partial charge is 0.490 e. The number of anilines is 1. The number of nitrogens with one attached hydrogen (secondary N) is 1. The van der Waals surface area contributed by atoms with Crippen molar-refractivity contribution in [1.82, 2.24) is 9.80 Å². The first-order chi connectivity index (χ1) is 21.2. The van der Waals surface area contributed by atoms with Crippen molar-refractivity contribution in [3.63, 3.8) is 0 Å². The van der Waals surface area contributed by atoms with Crippen molar-refractivity contribution in [1.29, 1.82) is 0 Å². The van der Waals surface area contributed by atoms with Crippen LogP contribution in [0.5, 0.6) is 5.75 Å². The molecule has 0 bridgehead atoms. The third kappa shape index (κ3) is 9.78. The van der Waals surface area contributed by atoms with E-state index in [1.807, 2.05) is 32.0 Å². The van der Waals surface area contributed by atoms with Gasteiger partial charge in [-0.15, -0.1) is 0 Å². The standard InChI is InChI=1S/C36H53N3O5/c1-26-22-39(27(2)25-40)36(42)32-21-31(37-35(41)30-16-9-6-10-17-30)18-19-33(32)44-28(3)13-11-12-20-43-34(26)24-38(4)23-29-14-7-5-8-15-29/h6,9-10,16-19,21,26-29,34,40H,5,7-8,11-15,20,22-25H2,1-4H3,(H,37,41)/t26-,27+,28+,34+/m1/s1. The van der Waals surface area contributed by atoms with E-state index in [0.29, 0.717) is 35.7 Å². The van der Waals surface area contributed by atoms with Crippen molar-refractivity contribution < 1.29 is 24.2 Å². The topological polar surface area (TPSA) is 91.3 Å². The summed E-state index contributed by atoms with van der Waals surface area (Å²) in [6, 6.07) is 13.8. The number of aliphatic hydroxyl groups excluding tert-OH is 1. The highest BCUT2D eigenvalue weighted by Crippen LogP contribution is 2.29. The highest BCUT2D eigenvalue weighted by molar-refractivity contribution is 6.05. The van der Waals surface area contributed by atoms with Gasteiger partial charge in [0.25, 0.3) is 11.8 Å². The molecule has 242 valence electrons. The SMILES string of the molecule is C[C@@H]1CN([C@@H](C)CO)C(=O)c2cc(NC(=O)c3ccccc3)ccc2O[C@@H](C)CCCCO[C@H]1CN(C)CC1CCCCC1. The van der Waals surface area contributed by atoms with Crippen LogP contribution in [-0.4, -0.2) is 84.9 Å². The minimum atomic E-state index is -0.411. The summed E-state index contributed by atoms with van der Waals surface area (Å²) in [4.78, 5) is 31.4. The molecule has 4 atom stereocenters. The predicted octanol–water partition coefficient (Wildman–Crippen LogP) is 6.25. The number of likely N-dealkylation sites (N-methyl/N-ethyl adjacent to an activating group) is 1. The zero-order valence-corrected chi connectivity index (χ0v) is 27.2. The second kappa shape index (κ2) is 16.9. The Balaban J connectivity index is 1.59. The number of amides is 2. The van der Waals surface area contributed by atoms with Crippen molar-refractivity contribution in [2.45, 2.75) is 90.4 Å². The lowest BCUT2D eigenvalue weighted by molar-refractivity contribution is -0.0190. The Morgan fingerprint density at radius 2 is 1.75 bits per heavy atom. The third-order valence-corrected chi connectivity index (χ3v) is 9.13. The molecule has 8 nitrogen and oxygen atoms in total. The van der Waals surface area contributed by atoms with Crippen molar-refractivity contribution in [3.05, 3.63) is 59.7 Å². The lowest BCUT2D eigenvalue weighted by Crippen LogP contribution is -2.47. The van der Waals surface area contributed by atoms with Crippen LogP contribution in [0.1, 0.15) is 92.9 Å². The molecule has 2 aromatic rings. The Labute approximate surface area is 264 Å². The van der Waals surface area contributed by atoms with Gasteiger partial charge in [-0.25, -0.2) is 0 Å². The molecule has 2 aromatic carbocycles. The highest BCUT2D eigenvalue weighted by atomic mass is 16.5. The van der Waals surface area contributed by atoms with Gasteiger partial charge in [-0.05, 0) is 89.2 Å². The van der Waals surface area contributed by atoms with E-state index in [2.05, 4.69) is 24.2 Å². The quantitative estimate of drug-likeness (QED) is 0.369. The molecule has 2 amide bonds. The first-order valence-corrected chi connectivity index (χ1v) is 16.6. The maximum atomic E-state index is 14.3. The number of nitrogens with zero attached hydrogens (tertiary/aromatic N) is 2. The van der Waals surface area contributed by atoms with Crippen LogP contribution in [0.15, 0.2) is 48.5 Å². The second-order valence-corrected chi connectivity index (χ2v) is 13.1. The maximum Gasteiger partial charge on any atom is 0.258 e. The summed E-state index contributed by atoms with van der Waals surface area (Å²) in [7, 11) is 2.19. The molecule has 0 saturated heterocycles. The number of aliphatic hydroxyl groups is 1. The van der Waals surface area contributed by atoms with Crippen LogP contribution < -0.4 is 10.1 Å². The normalized spacial score (nSPS) is 23.4. The first kappa shape index (κ1) is 33.9. The summed E-state index contributed by atoms with van der Waals surface area (Å²) in [5, 5.41) is 13.2. The molecule has 0 aromatic heterocycles. The van der Waals surface area contributed by atoms with E-state index in [1.54, 1.807) is 35.2 Å². The van der Waals surface area contributed by atoms with Crippen LogP contribution >= 0.6 is 0 Å². The van der Waals surface area contributed by atoms with Crippen LogP contribution in [0.2, 0.25) is 0 Å². The molecule has 0 radical (unpaired) electrons. The molecule has 4 rings (SSSR count). The van der Waals surface area contributed by atoms with Gasteiger partial charge in [0, 0.05) is 43.4 Å². The Morgan fingerprint density at radius 3 is 2.48 bits per heavy atom. The zero-order chi connectivity index (χ0) is 31.5. The molecule has 0 spiro atoms. The van der Waals surface area contributed by atoms with Crippen LogP contribution in [0, 0.1) is 11.8 Å². The highest BCUT2D eigenvalue weighted by Gasteiger charge is 2.31. The van der Waals surface area contributed by atoms with Gasteiger partial charge in [-0.2, -0.15) is 0 Å². The van der Waals surface area contributed by atoms with E-state index in [9.17, 15) is 14.7 Å². The zero-order valence-electron chi connectivity index (χ0n) is 27.2. The number of hydrogen-bond acceptors (Lipinski definition) is 6. The summed E-state index contributed by atoms with van der Waals surface area (Å²) < 4.78 is 12.9. The van der Waals surface area contributed by atoms with Crippen molar-refractivity contribution in [3.8, 4) is 5.75 Å². The van der Waals surface area contributed by atoms with Gasteiger partial charge >= 0.3 is 0 Å². The number of hydrogen-bond donors (Lipinski definition) is 2. The van der Waals surface area contributed by atoms with Gasteiger partial charge in [-0.3, -0.25) is 9.59 Å². The minimum Gasteiger partial charge on any atom is -0.490 e. The van der Waals surface area contributed by atoms with E-state index < -0.39 is 6.04 Å². The molecule has 44 heavy (non-hydrogen) atoms. The summed E-state index contributed by atoms with van der Waals surface area (Å²) in [6.07, 6.45) is 9.19. The number of benzene rings is 2. The summed E-state index contributed by atoms with van der Waals surface area (Å²) >= 11 is 0.